The maximum absolute atomic E-state index is 13.4. The van der Waals surface area contributed by atoms with Crippen molar-refractivity contribution in [2.24, 2.45) is 0 Å². The molecule has 8 heteroatoms. The molecule has 2 aromatic carbocycles. The first-order valence-corrected chi connectivity index (χ1v) is 10.9. The summed E-state index contributed by atoms with van der Waals surface area (Å²) >= 11 is 1.50. The quantitative estimate of drug-likeness (QED) is 0.553. The van der Waals surface area contributed by atoms with E-state index in [9.17, 15) is 14.4 Å². The predicted molar refractivity (Wildman–Crippen MR) is 123 cm³/mol. The number of nitrogens with zero attached hydrogens (tertiary/aromatic N) is 4. The van der Waals surface area contributed by atoms with Crippen molar-refractivity contribution in [2.45, 2.75) is 19.8 Å². The molecule has 3 amide bonds. The molecule has 1 aromatic heterocycles. The summed E-state index contributed by atoms with van der Waals surface area (Å²) in [5.74, 6) is -0.578. The van der Waals surface area contributed by atoms with Gasteiger partial charge in [-0.05, 0) is 63.0 Å². The Morgan fingerprint density at radius 3 is 2.35 bits per heavy atom. The zero-order valence-electron chi connectivity index (χ0n) is 17.8. The van der Waals surface area contributed by atoms with E-state index < -0.39 is 0 Å². The first-order chi connectivity index (χ1) is 14.8. The van der Waals surface area contributed by atoms with Crippen LogP contribution in [0.2, 0.25) is 0 Å². The average molecular weight is 437 g/mol. The standard InChI is InChI=1S/C23H24N4O3S/c1-15-4-9-18-19(14-15)31-23(24-18)26(13-12-25(2)3)22(30)16-5-7-17(8-6-16)27-20(28)10-11-21(27)29/h4-9,14H,10-13H2,1-3H3. The van der Waals surface area contributed by atoms with Crippen LogP contribution in [0.1, 0.15) is 28.8 Å². The summed E-state index contributed by atoms with van der Waals surface area (Å²) in [6, 6.07) is 12.7. The van der Waals surface area contributed by atoms with Crippen LogP contribution < -0.4 is 9.80 Å². The molecule has 0 N–H and O–H groups in total. The van der Waals surface area contributed by atoms with Gasteiger partial charge >= 0.3 is 0 Å². The van der Waals surface area contributed by atoms with Crippen LogP contribution in [0.4, 0.5) is 10.8 Å². The Morgan fingerprint density at radius 2 is 1.71 bits per heavy atom. The van der Waals surface area contributed by atoms with Crippen molar-refractivity contribution in [3.63, 3.8) is 0 Å². The predicted octanol–water partition coefficient (Wildman–Crippen LogP) is 3.47. The molecular formula is C23H24N4O3S. The molecule has 0 bridgehead atoms. The third kappa shape index (κ3) is 4.35. The van der Waals surface area contributed by atoms with Crippen LogP contribution in [0.15, 0.2) is 42.5 Å². The summed E-state index contributed by atoms with van der Waals surface area (Å²) in [6.07, 6.45) is 0.462. The summed E-state index contributed by atoms with van der Waals surface area (Å²) in [4.78, 5) is 46.9. The number of amides is 3. The molecule has 0 radical (unpaired) electrons. The Labute approximate surface area is 184 Å². The van der Waals surface area contributed by atoms with E-state index in [2.05, 4.69) is 11.1 Å². The Hall–Kier alpha value is -3.10. The van der Waals surface area contributed by atoms with Crippen LogP contribution in [0.5, 0.6) is 0 Å². The van der Waals surface area contributed by atoms with E-state index in [4.69, 9.17) is 0 Å². The van der Waals surface area contributed by atoms with Crippen LogP contribution in [0.25, 0.3) is 10.2 Å². The SMILES string of the molecule is Cc1ccc2nc(N(CCN(C)C)C(=O)c3ccc(N4C(=O)CCC4=O)cc3)sc2c1. The number of hydrogen-bond acceptors (Lipinski definition) is 6. The highest BCUT2D eigenvalue weighted by atomic mass is 32.1. The lowest BCUT2D eigenvalue weighted by molar-refractivity contribution is -0.121. The highest BCUT2D eigenvalue weighted by Gasteiger charge is 2.30. The van der Waals surface area contributed by atoms with Gasteiger partial charge in [-0.2, -0.15) is 0 Å². The summed E-state index contributed by atoms with van der Waals surface area (Å²) in [7, 11) is 3.92. The molecule has 0 unspecified atom stereocenters. The minimum Gasteiger partial charge on any atom is -0.308 e. The van der Waals surface area contributed by atoms with Crippen molar-refractivity contribution in [1.82, 2.24) is 9.88 Å². The number of carbonyl (C=O) groups excluding carboxylic acids is 3. The largest absolute Gasteiger partial charge is 0.308 e. The van der Waals surface area contributed by atoms with E-state index in [0.29, 0.717) is 29.5 Å². The molecule has 0 saturated carbocycles. The first kappa shape index (κ1) is 21.1. The minimum absolute atomic E-state index is 0.164. The second kappa shape index (κ2) is 8.56. The molecule has 0 atom stereocenters. The monoisotopic (exact) mass is 436 g/mol. The third-order valence-corrected chi connectivity index (χ3v) is 6.24. The van der Waals surface area contributed by atoms with Gasteiger partial charge < -0.3 is 4.90 Å². The number of likely N-dealkylation sites (N-methyl/N-ethyl adjacent to an activating group) is 1. The molecule has 1 fully saturated rings. The summed E-state index contributed by atoms with van der Waals surface area (Å²) < 4.78 is 1.04. The molecule has 31 heavy (non-hydrogen) atoms. The highest BCUT2D eigenvalue weighted by Crippen LogP contribution is 2.31. The van der Waals surface area contributed by atoms with Crippen LogP contribution in [0, 0.1) is 6.92 Å². The molecule has 2 heterocycles. The van der Waals surface area contributed by atoms with E-state index in [1.54, 1.807) is 29.2 Å². The van der Waals surface area contributed by atoms with E-state index in [1.165, 1.54) is 16.2 Å². The number of aryl methyl sites for hydroxylation is 1. The number of anilines is 2. The molecule has 160 valence electrons. The number of imide groups is 1. The number of hydrogen-bond donors (Lipinski definition) is 0. The van der Waals surface area contributed by atoms with Gasteiger partial charge in [0.1, 0.15) is 0 Å². The van der Waals surface area contributed by atoms with Crippen molar-refractivity contribution in [3.8, 4) is 0 Å². The Kier molecular flexibility index (Phi) is 5.84. The Bertz CT molecular complexity index is 1140. The van der Waals surface area contributed by atoms with Crippen LogP contribution in [-0.2, 0) is 9.59 Å². The number of thiazole rings is 1. The lowest BCUT2D eigenvalue weighted by Crippen LogP contribution is -2.36. The molecule has 3 aromatic rings. The maximum Gasteiger partial charge on any atom is 0.260 e. The van der Waals surface area contributed by atoms with Gasteiger partial charge in [-0.15, -0.1) is 0 Å². The molecule has 1 aliphatic rings. The lowest BCUT2D eigenvalue weighted by atomic mass is 10.1. The number of aromatic nitrogens is 1. The van der Waals surface area contributed by atoms with E-state index in [-0.39, 0.29) is 30.6 Å². The molecule has 1 aliphatic heterocycles. The van der Waals surface area contributed by atoms with Gasteiger partial charge in [0, 0.05) is 31.5 Å². The number of carbonyl (C=O) groups is 3. The topological polar surface area (TPSA) is 73.8 Å². The zero-order valence-corrected chi connectivity index (χ0v) is 18.6. The van der Waals surface area contributed by atoms with Crippen LogP contribution >= 0.6 is 11.3 Å². The minimum atomic E-state index is -0.207. The summed E-state index contributed by atoms with van der Waals surface area (Å²) in [5, 5.41) is 0.654. The second-order valence-electron chi connectivity index (χ2n) is 7.90. The smallest absolute Gasteiger partial charge is 0.260 e. The van der Waals surface area contributed by atoms with Crippen LogP contribution in [0.3, 0.4) is 0 Å². The lowest BCUT2D eigenvalue weighted by Gasteiger charge is -2.22. The van der Waals surface area contributed by atoms with Crippen LogP contribution in [-0.4, -0.2) is 54.8 Å². The van der Waals surface area contributed by atoms with Gasteiger partial charge in [0.25, 0.3) is 5.91 Å². The van der Waals surface area contributed by atoms with Gasteiger partial charge in [-0.1, -0.05) is 17.4 Å². The van der Waals surface area contributed by atoms with E-state index in [1.807, 2.05) is 38.1 Å². The van der Waals surface area contributed by atoms with Crippen molar-refractivity contribution >= 4 is 50.1 Å². The first-order valence-electron chi connectivity index (χ1n) is 10.1. The Morgan fingerprint density at radius 1 is 1.03 bits per heavy atom. The number of rotatable bonds is 6. The third-order valence-electron chi connectivity index (χ3n) is 5.20. The van der Waals surface area contributed by atoms with E-state index >= 15 is 0 Å². The normalized spacial score (nSPS) is 14.1. The fourth-order valence-electron chi connectivity index (χ4n) is 3.49. The summed E-state index contributed by atoms with van der Waals surface area (Å²) in [6.45, 7) is 3.22. The van der Waals surface area contributed by atoms with Gasteiger partial charge in [0.2, 0.25) is 11.8 Å². The van der Waals surface area contributed by atoms with Gasteiger partial charge in [0.05, 0.1) is 15.9 Å². The fourth-order valence-corrected chi connectivity index (χ4v) is 4.58. The molecule has 7 nitrogen and oxygen atoms in total. The number of benzene rings is 2. The van der Waals surface area contributed by atoms with Crippen molar-refractivity contribution in [2.75, 3.05) is 37.0 Å². The maximum atomic E-state index is 13.4. The molecule has 4 rings (SSSR count). The Balaban J connectivity index is 1.63. The second-order valence-corrected chi connectivity index (χ2v) is 8.91. The van der Waals surface area contributed by atoms with Crippen molar-refractivity contribution < 1.29 is 14.4 Å². The molecular weight excluding hydrogens is 412 g/mol. The van der Waals surface area contributed by atoms with Gasteiger partial charge in [-0.3, -0.25) is 24.2 Å². The zero-order chi connectivity index (χ0) is 22.1. The average Bonchev–Trinajstić information content (AvgIpc) is 3.30. The molecule has 0 spiro atoms. The summed E-state index contributed by atoms with van der Waals surface area (Å²) in [5.41, 5.74) is 3.00. The van der Waals surface area contributed by atoms with Gasteiger partial charge in [-0.25, -0.2) is 4.98 Å². The van der Waals surface area contributed by atoms with E-state index in [0.717, 1.165) is 15.8 Å². The number of fused-ring (bicyclic) bond motifs is 1. The highest BCUT2D eigenvalue weighted by molar-refractivity contribution is 7.22. The molecule has 1 saturated heterocycles. The molecule has 0 aliphatic carbocycles. The van der Waals surface area contributed by atoms with Crippen molar-refractivity contribution in [1.29, 1.82) is 0 Å². The van der Waals surface area contributed by atoms with Gasteiger partial charge in [0.15, 0.2) is 5.13 Å². The van der Waals surface area contributed by atoms with Crippen molar-refractivity contribution in [3.05, 3.63) is 53.6 Å². The fraction of sp³-hybridized carbons (Fsp3) is 0.304.